The zero-order valence-electron chi connectivity index (χ0n) is 12.6. The fourth-order valence-corrected chi connectivity index (χ4v) is 2.75. The van der Waals surface area contributed by atoms with E-state index in [4.69, 9.17) is 11.6 Å². The van der Waals surface area contributed by atoms with E-state index in [2.05, 4.69) is 24.7 Å². The number of aryl methyl sites for hydroxylation is 5. The van der Waals surface area contributed by atoms with Gasteiger partial charge in [-0.1, -0.05) is 0 Å². The number of aromatic nitrogens is 7. The molecule has 1 unspecified atom stereocenters. The lowest BCUT2D eigenvalue weighted by atomic mass is 10.3. The second-order valence-electron chi connectivity index (χ2n) is 5.20. The van der Waals surface area contributed by atoms with Crippen LogP contribution in [0.15, 0.2) is 6.33 Å². The molecule has 0 spiro atoms. The molecule has 0 aliphatic rings. The van der Waals surface area contributed by atoms with Crippen LogP contribution in [-0.4, -0.2) is 34.1 Å². The van der Waals surface area contributed by atoms with Gasteiger partial charge in [-0.2, -0.15) is 10.2 Å². The summed E-state index contributed by atoms with van der Waals surface area (Å²) in [5, 5.41) is 8.58. The van der Waals surface area contributed by atoms with E-state index >= 15 is 0 Å². The molecule has 0 aliphatic carbocycles. The van der Waals surface area contributed by atoms with Gasteiger partial charge in [0.15, 0.2) is 11.5 Å². The molecule has 8 heteroatoms. The van der Waals surface area contributed by atoms with E-state index in [0.717, 1.165) is 41.5 Å². The third-order valence-corrected chi connectivity index (χ3v) is 3.68. The van der Waals surface area contributed by atoms with Crippen LogP contribution in [0.25, 0.3) is 11.2 Å². The highest BCUT2D eigenvalue weighted by Gasteiger charge is 2.20. The third-order valence-electron chi connectivity index (χ3n) is 3.48. The minimum atomic E-state index is -0.159. The average molecular weight is 308 g/mol. The molecule has 0 aromatic carbocycles. The SMILES string of the molecule is Cc1nn(C)c2c1nc(C(C)Cl)n2CCc1ncn(C)n1. The zero-order valence-corrected chi connectivity index (χ0v) is 13.3. The number of alkyl halides is 1. The van der Waals surface area contributed by atoms with Gasteiger partial charge >= 0.3 is 0 Å². The molecule has 112 valence electrons. The van der Waals surface area contributed by atoms with Gasteiger partial charge in [0.1, 0.15) is 17.7 Å². The summed E-state index contributed by atoms with van der Waals surface area (Å²) in [4.78, 5) is 8.91. The van der Waals surface area contributed by atoms with Crippen LogP contribution in [0.3, 0.4) is 0 Å². The van der Waals surface area contributed by atoms with Gasteiger partial charge in [0.05, 0.1) is 11.1 Å². The molecule has 3 aromatic heterocycles. The average Bonchev–Trinajstić information content (AvgIpc) is 3.05. The Morgan fingerprint density at radius 3 is 2.67 bits per heavy atom. The van der Waals surface area contributed by atoms with Crippen LogP contribution in [0.2, 0.25) is 0 Å². The van der Waals surface area contributed by atoms with Crippen molar-refractivity contribution in [3.63, 3.8) is 0 Å². The second-order valence-corrected chi connectivity index (χ2v) is 5.86. The Morgan fingerprint density at radius 2 is 2.05 bits per heavy atom. The monoisotopic (exact) mass is 307 g/mol. The van der Waals surface area contributed by atoms with Crippen molar-refractivity contribution in [2.75, 3.05) is 0 Å². The fraction of sp³-hybridized carbons (Fsp3) is 0.538. The van der Waals surface area contributed by atoms with Crippen molar-refractivity contribution in [3.8, 4) is 0 Å². The third kappa shape index (κ3) is 2.42. The number of fused-ring (bicyclic) bond motifs is 1. The molecular weight excluding hydrogens is 290 g/mol. The van der Waals surface area contributed by atoms with Crippen molar-refractivity contribution in [1.82, 2.24) is 34.1 Å². The van der Waals surface area contributed by atoms with E-state index in [1.807, 2.05) is 32.6 Å². The van der Waals surface area contributed by atoms with Crippen LogP contribution >= 0.6 is 11.6 Å². The molecule has 3 heterocycles. The number of hydrogen-bond acceptors (Lipinski definition) is 4. The number of rotatable bonds is 4. The Kier molecular flexibility index (Phi) is 3.44. The lowest BCUT2D eigenvalue weighted by Crippen LogP contribution is -2.10. The Labute approximate surface area is 127 Å². The van der Waals surface area contributed by atoms with Crippen molar-refractivity contribution >= 4 is 22.8 Å². The van der Waals surface area contributed by atoms with Crippen molar-refractivity contribution in [2.24, 2.45) is 14.1 Å². The van der Waals surface area contributed by atoms with Gasteiger partial charge in [-0.15, -0.1) is 11.6 Å². The molecule has 0 amide bonds. The maximum absolute atomic E-state index is 6.28. The lowest BCUT2D eigenvalue weighted by molar-refractivity contribution is 0.619. The van der Waals surface area contributed by atoms with Crippen molar-refractivity contribution < 1.29 is 0 Å². The summed E-state index contributed by atoms with van der Waals surface area (Å²) in [6.45, 7) is 4.62. The molecule has 21 heavy (non-hydrogen) atoms. The molecule has 1 atom stereocenters. The van der Waals surface area contributed by atoms with Crippen LogP contribution in [0.1, 0.15) is 29.6 Å². The van der Waals surface area contributed by atoms with E-state index in [-0.39, 0.29) is 5.38 Å². The number of halogens is 1. The Morgan fingerprint density at radius 1 is 1.29 bits per heavy atom. The van der Waals surface area contributed by atoms with Crippen LogP contribution in [0.5, 0.6) is 0 Å². The predicted octanol–water partition coefficient (Wildman–Crippen LogP) is 1.75. The predicted molar refractivity (Wildman–Crippen MR) is 80.2 cm³/mol. The summed E-state index contributed by atoms with van der Waals surface area (Å²) in [6.07, 6.45) is 2.44. The van der Waals surface area contributed by atoms with Gasteiger partial charge in [-0.05, 0) is 13.8 Å². The summed E-state index contributed by atoms with van der Waals surface area (Å²) in [5.41, 5.74) is 2.82. The maximum atomic E-state index is 6.28. The number of imidazole rings is 1. The van der Waals surface area contributed by atoms with E-state index in [9.17, 15) is 0 Å². The molecule has 0 fully saturated rings. The van der Waals surface area contributed by atoms with Crippen molar-refractivity contribution in [3.05, 3.63) is 23.7 Å². The quantitative estimate of drug-likeness (QED) is 0.689. The van der Waals surface area contributed by atoms with E-state index in [0.29, 0.717) is 0 Å². The summed E-state index contributed by atoms with van der Waals surface area (Å²) in [5.74, 6) is 1.67. The summed E-state index contributed by atoms with van der Waals surface area (Å²) < 4.78 is 5.67. The second kappa shape index (κ2) is 5.14. The van der Waals surface area contributed by atoms with Gasteiger partial charge in [0.25, 0.3) is 0 Å². The molecule has 0 saturated heterocycles. The summed E-state index contributed by atoms with van der Waals surface area (Å²) >= 11 is 6.28. The van der Waals surface area contributed by atoms with Crippen molar-refractivity contribution in [2.45, 2.75) is 32.2 Å². The minimum absolute atomic E-state index is 0.159. The molecule has 0 aliphatic heterocycles. The highest BCUT2D eigenvalue weighted by Crippen LogP contribution is 2.26. The zero-order chi connectivity index (χ0) is 15.1. The number of nitrogens with zero attached hydrogens (tertiary/aromatic N) is 7. The van der Waals surface area contributed by atoms with Gasteiger partial charge < -0.3 is 4.57 Å². The molecular formula is C13H18ClN7. The highest BCUT2D eigenvalue weighted by atomic mass is 35.5. The fourth-order valence-electron chi connectivity index (χ4n) is 2.59. The highest BCUT2D eigenvalue weighted by molar-refractivity contribution is 6.20. The van der Waals surface area contributed by atoms with E-state index in [1.165, 1.54) is 0 Å². The number of hydrogen-bond donors (Lipinski definition) is 0. The van der Waals surface area contributed by atoms with Gasteiger partial charge in [-0.3, -0.25) is 9.36 Å². The van der Waals surface area contributed by atoms with Gasteiger partial charge in [-0.25, -0.2) is 9.97 Å². The normalized spacial score (nSPS) is 13.2. The van der Waals surface area contributed by atoms with Gasteiger partial charge in [0.2, 0.25) is 0 Å². The first kappa shape index (κ1) is 14.1. The molecule has 7 nitrogen and oxygen atoms in total. The molecule has 0 N–H and O–H groups in total. The van der Waals surface area contributed by atoms with Gasteiger partial charge in [0, 0.05) is 27.1 Å². The molecule has 0 radical (unpaired) electrons. The maximum Gasteiger partial charge on any atom is 0.158 e. The molecule has 3 rings (SSSR count). The van der Waals surface area contributed by atoms with Crippen LogP contribution in [0.4, 0.5) is 0 Å². The molecule has 3 aromatic rings. The largest absolute Gasteiger partial charge is 0.311 e. The first-order chi connectivity index (χ1) is 9.97. The smallest absolute Gasteiger partial charge is 0.158 e. The van der Waals surface area contributed by atoms with Crippen LogP contribution < -0.4 is 0 Å². The Bertz CT molecular complexity index is 780. The summed E-state index contributed by atoms with van der Waals surface area (Å²) in [6, 6.07) is 0. The molecule has 0 saturated carbocycles. The van der Waals surface area contributed by atoms with E-state index < -0.39 is 0 Å². The molecule has 0 bridgehead atoms. The van der Waals surface area contributed by atoms with Crippen LogP contribution in [0, 0.1) is 6.92 Å². The topological polar surface area (TPSA) is 66.3 Å². The minimum Gasteiger partial charge on any atom is -0.311 e. The Hall–Kier alpha value is -1.89. The van der Waals surface area contributed by atoms with Crippen molar-refractivity contribution in [1.29, 1.82) is 0 Å². The first-order valence-corrected chi connectivity index (χ1v) is 7.29. The Balaban J connectivity index is 2.00. The standard InChI is InChI=1S/C13H18ClN7/c1-8(14)12-16-11-9(2)17-20(4)13(11)21(12)6-5-10-15-7-19(3)18-10/h7-8H,5-6H2,1-4H3. The first-order valence-electron chi connectivity index (χ1n) is 6.85. The lowest BCUT2D eigenvalue weighted by Gasteiger charge is -2.09. The van der Waals surface area contributed by atoms with Crippen LogP contribution in [-0.2, 0) is 27.1 Å². The van der Waals surface area contributed by atoms with E-state index in [1.54, 1.807) is 11.0 Å². The summed E-state index contributed by atoms with van der Waals surface area (Å²) in [7, 11) is 3.79.